The molecular weight excluding hydrogens is 234 g/mol. The van der Waals surface area contributed by atoms with E-state index in [1.54, 1.807) is 0 Å². The molecule has 3 N–H and O–H groups in total. The molecule has 5 atom stereocenters. The van der Waals surface area contributed by atoms with Gasteiger partial charge < -0.3 is 25.0 Å². The van der Waals surface area contributed by atoms with Crippen molar-refractivity contribution < 1.29 is 19.7 Å². The first-order chi connectivity index (χ1) is 8.45. The molecule has 0 aliphatic carbocycles. The number of hydrogen-bond acceptors (Lipinski definition) is 5. The van der Waals surface area contributed by atoms with E-state index in [2.05, 4.69) is 19.2 Å². The highest BCUT2D eigenvalue weighted by atomic mass is 16.7. The highest BCUT2D eigenvalue weighted by Gasteiger charge is 2.39. The van der Waals surface area contributed by atoms with E-state index in [0.29, 0.717) is 12.5 Å². The van der Waals surface area contributed by atoms with E-state index >= 15 is 0 Å². The summed E-state index contributed by atoms with van der Waals surface area (Å²) in [6.45, 7) is 9.25. The van der Waals surface area contributed by atoms with Crippen LogP contribution in [0.4, 0.5) is 0 Å². The highest BCUT2D eigenvalue weighted by Crippen LogP contribution is 2.18. The van der Waals surface area contributed by atoms with Gasteiger partial charge in [0.1, 0.15) is 12.2 Å². The van der Waals surface area contributed by atoms with Crippen molar-refractivity contribution in [2.75, 3.05) is 13.2 Å². The van der Waals surface area contributed by atoms with Gasteiger partial charge in [0.25, 0.3) is 0 Å². The zero-order valence-corrected chi connectivity index (χ0v) is 11.8. The van der Waals surface area contributed by atoms with Gasteiger partial charge in [0.2, 0.25) is 0 Å². The van der Waals surface area contributed by atoms with Gasteiger partial charge in [-0.25, -0.2) is 0 Å². The van der Waals surface area contributed by atoms with E-state index in [-0.39, 0.29) is 12.1 Å². The quantitative estimate of drug-likeness (QED) is 0.649. The topological polar surface area (TPSA) is 71.0 Å². The molecule has 5 nitrogen and oxygen atoms in total. The van der Waals surface area contributed by atoms with Crippen LogP contribution in [0.3, 0.4) is 0 Å². The Morgan fingerprint density at radius 3 is 2.50 bits per heavy atom. The van der Waals surface area contributed by atoms with Crippen LogP contribution < -0.4 is 5.32 Å². The molecule has 1 aliphatic rings. The van der Waals surface area contributed by atoms with Crippen LogP contribution in [0.2, 0.25) is 0 Å². The minimum Gasteiger partial charge on any atom is -0.388 e. The van der Waals surface area contributed by atoms with Gasteiger partial charge in [0.05, 0.1) is 18.8 Å². The van der Waals surface area contributed by atoms with E-state index in [0.717, 1.165) is 13.0 Å². The molecule has 1 saturated heterocycles. The van der Waals surface area contributed by atoms with Gasteiger partial charge in [0.15, 0.2) is 6.29 Å². The molecule has 0 amide bonds. The summed E-state index contributed by atoms with van der Waals surface area (Å²) in [7, 11) is 0. The molecule has 1 unspecified atom stereocenters. The molecule has 1 heterocycles. The third-order valence-electron chi connectivity index (χ3n) is 3.21. The molecule has 0 aromatic heterocycles. The largest absolute Gasteiger partial charge is 0.388 e. The summed E-state index contributed by atoms with van der Waals surface area (Å²) >= 11 is 0. The maximum Gasteiger partial charge on any atom is 0.186 e. The van der Waals surface area contributed by atoms with Crippen molar-refractivity contribution in [2.45, 2.75) is 64.8 Å². The van der Waals surface area contributed by atoms with Crippen LogP contribution in [0, 0.1) is 5.92 Å². The summed E-state index contributed by atoms with van der Waals surface area (Å²) in [5, 5.41) is 23.2. The summed E-state index contributed by atoms with van der Waals surface area (Å²) in [4.78, 5) is 0. The first kappa shape index (κ1) is 15.9. The molecular formula is C13H27NO4. The first-order valence-corrected chi connectivity index (χ1v) is 6.82. The highest BCUT2D eigenvalue weighted by molar-refractivity contribution is 4.88. The maximum absolute atomic E-state index is 10.0. The lowest BCUT2D eigenvalue weighted by Gasteiger charge is -2.38. The molecule has 0 aromatic rings. The predicted molar refractivity (Wildman–Crippen MR) is 69.2 cm³/mol. The van der Waals surface area contributed by atoms with E-state index < -0.39 is 18.5 Å². The lowest BCUT2D eigenvalue weighted by atomic mass is 10.0. The Kier molecular flexibility index (Phi) is 6.52. The summed E-state index contributed by atoms with van der Waals surface area (Å²) in [5.41, 5.74) is 0. The molecule has 0 aromatic carbocycles. The molecule has 18 heavy (non-hydrogen) atoms. The van der Waals surface area contributed by atoms with Crippen molar-refractivity contribution in [3.63, 3.8) is 0 Å². The molecule has 1 fully saturated rings. The summed E-state index contributed by atoms with van der Waals surface area (Å²) in [5.74, 6) is 0.489. The number of ether oxygens (including phenoxy) is 2. The Morgan fingerprint density at radius 2 is 1.94 bits per heavy atom. The van der Waals surface area contributed by atoms with Gasteiger partial charge in [-0.2, -0.15) is 0 Å². The second-order valence-electron chi connectivity index (χ2n) is 5.45. The van der Waals surface area contributed by atoms with E-state index in [1.807, 2.05) is 13.8 Å². The van der Waals surface area contributed by atoms with Crippen molar-refractivity contribution in [3.05, 3.63) is 0 Å². The Hall–Kier alpha value is -0.200. The number of rotatable bonds is 6. The van der Waals surface area contributed by atoms with Crippen molar-refractivity contribution in [3.8, 4) is 0 Å². The van der Waals surface area contributed by atoms with Gasteiger partial charge in [-0.15, -0.1) is 0 Å². The molecule has 5 heteroatoms. The van der Waals surface area contributed by atoms with E-state index in [9.17, 15) is 10.2 Å². The van der Waals surface area contributed by atoms with Crippen molar-refractivity contribution in [1.82, 2.24) is 5.32 Å². The van der Waals surface area contributed by atoms with Crippen molar-refractivity contribution in [2.24, 2.45) is 5.92 Å². The van der Waals surface area contributed by atoms with Gasteiger partial charge >= 0.3 is 0 Å². The normalized spacial score (nSPS) is 34.8. The molecule has 0 bridgehead atoms. The third-order valence-corrected chi connectivity index (χ3v) is 3.21. The fourth-order valence-corrected chi connectivity index (χ4v) is 1.81. The second-order valence-corrected chi connectivity index (χ2v) is 5.45. The molecule has 0 saturated carbocycles. The molecule has 1 rings (SSSR count). The smallest absolute Gasteiger partial charge is 0.186 e. The van der Waals surface area contributed by atoms with Crippen LogP contribution in [-0.2, 0) is 9.47 Å². The zero-order chi connectivity index (χ0) is 13.7. The zero-order valence-electron chi connectivity index (χ0n) is 11.8. The summed E-state index contributed by atoms with van der Waals surface area (Å²) < 4.78 is 11.0. The predicted octanol–water partition coefficient (Wildman–Crippen LogP) is 0.494. The fourth-order valence-electron chi connectivity index (χ4n) is 1.81. The SMILES string of the molecule is CCC(C)O[C@H]1OC[C@@H](NCC(C)C)[C@@H](O)[C@@H]1O. The van der Waals surface area contributed by atoms with E-state index in [1.165, 1.54) is 0 Å². The third kappa shape index (κ3) is 4.48. The van der Waals surface area contributed by atoms with Crippen LogP contribution >= 0.6 is 0 Å². The fraction of sp³-hybridized carbons (Fsp3) is 1.00. The standard InChI is InChI=1S/C13H27NO4/c1-5-9(4)18-13-12(16)11(15)10(7-17-13)14-6-8(2)3/h8-16H,5-7H2,1-4H3/t9?,10-,11-,12+,13-/m1/s1. The van der Waals surface area contributed by atoms with Crippen molar-refractivity contribution in [1.29, 1.82) is 0 Å². The van der Waals surface area contributed by atoms with Gasteiger partial charge in [-0.1, -0.05) is 20.8 Å². The monoisotopic (exact) mass is 261 g/mol. The van der Waals surface area contributed by atoms with Gasteiger partial charge in [-0.3, -0.25) is 0 Å². The lowest BCUT2D eigenvalue weighted by molar-refractivity contribution is -0.263. The Morgan fingerprint density at radius 1 is 1.28 bits per heavy atom. The Bertz CT molecular complexity index is 237. The molecule has 1 aliphatic heterocycles. The van der Waals surface area contributed by atoms with Crippen LogP contribution in [0.5, 0.6) is 0 Å². The number of aliphatic hydroxyl groups excluding tert-OH is 2. The average molecular weight is 261 g/mol. The average Bonchev–Trinajstić information content (AvgIpc) is 2.33. The molecule has 0 spiro atoms. The van der Waals surface area contributed by atoms with Crippen LogP contribution in [0.15, 0.2) is 0 Å². The minimum atomic E-state index is -1.00. The Labute approximate surface area is 109 Å². The minimum absolute atomic E-state index is 0.0111. The number of hydrogen-bond donors (Lipinski definition) is 3. The summed E-state index contributed by atoms with van der Waals surface area (Å²) in [6.07, 6.45) is -1.73. The van der Waals surface area contributed by atoms with Gasteiger partial charge in [-0.05, 0) is 25.8 Å². The van der Waals surface area contributed by atoms with Crippen LogP contribution in [0.1, 0.15) is 34.1 Å². The lowest BCUT2D eigenvalue weighted by Crippen LogP contribution is -2.59. The molecule has 0 radical (unpaired) electrons. The van der Waals surface area contributed by atoms with Gasteiger partial charge in [0, 0.05) is 0 Å². The summed E-state index contributed by atoms with van der Waals surface area (Å²) in [6, 6.07) is -0.237. The molecule has 108 valence electrons. The van der Waals surface area contributed by atoms with E-state index in [4.69, 9.17) is 9.47 Å². The van der Waals surface area contributed by atoms with Crippen molar-refractivity contribution >= 4 is 0 Å². The number of nitrogens with one attached hydrogen (secondary N) is 1. The second kappa shape index (κ2) is 7.40. The number of aliphatic hydroxyl groups is 2. The first-order valence-electron chi connectivity index (χ1n) is 6.82. The van der Waals surface area contributed by atoms with Crippen LogP contribution in [-0.4, -0.2) is 54.0 Å². The van der Waals surface area contributed by atoms with Crippen LogP contribution in [0.25, 0.3) is 0 Å². The maximum atomic E-state index is 10.0. The Balaban J connectivity index is 2.44.